The van der Waals surface area contributed by atoms with E-state index in [1.807, 2.05) is 0 Å². The SMILES string of the molecule is CCC/C(CC)=C(\NN)C(C)C. The van der Waals surface area contributed by atoms with Crippen molar-refractivity contribution in [2.24, 2.45) is 11.8 Å². The van der Waals surface area contributed by atoms with E-state index < -0.39 is 0 Å². The van der Waals surface area contributed by atoms with Crippen molar-refractivity contribution in [1.82, 2.24) is 5.43 Å². The van der Waals surface area contributed by atoms with Crippen molar-refractivity contribution in [3.63, 3.8) is 0 Å². The quantitative estimate of drug-likeness (QED) is 0.491. The Hall–Kier alpha value is -0.500. The van der Waals surface area contributed by atoms with Gasteiger partial charge in [0.15, 0.2) is 0 Å². The summed E-state index contributed by atoms with van der Waals surface area (Å²) in [5.74, 6) is 5.98. The molecule has 0 bridgehead atoms. The minimum Gasteiger partial charge on any atom is -0.328 e. The molecular formula is C10H22N2. The highest BCUT2D eigenvalue weighted by Crippen LogP contribution is 2.18. The number of hydrogen-bond donors (Lipinski definition) is 2. The van der Waals surface area contributed by atoms with Gasteiger partial charge in [0.1, 0.15) is 0 Å². The molecule has 2 nitrogen and oxygen atoms in total. The second-order valence-electron chi connectivity index (χ2n) is 3.42. The fourth-order valence-electron chi connectivity index (χ4n) is 1.48. The molecule has 0 amide bonds. The zero-order valence-electron chi connectivity index (χ0n) is 8.78. The van der Waals surface area contributed by atoms with Crippen LogP contribution in [0, 0.1) is 5.92 Å². The summed E-state index contributed by atoms with van der Waals surface area (Å²) in [4.78, 5) is 0. The Kier molecular flexibility index (Phi) is 5.81. The zero-order chi connectivity index (χ0) is 9.56. The van der Waals surface area contributed by atoms with Crippen LogP contribution in [0.2, 0.25) is 0 Å². The predicted octanol–water partition coefficient (Wildman–Crippen LogP) is 2.57. The Morgan fingerprint density at radius 3 is 2.17 bits per heavy atom. The number of hydrogen-bond acceptors (Lipinski definition) is 2. The van der Waals surface area contributed by atoms with Crippen LogP contribution in [0.15, 0.2) is 11.3 Å². The van der Waals surface area contributed by atoms with Crippen LogP contribution in [-0.4, -0.2) is 0 Å². The second kappa shape index (κ2) is 6.06. The van der Waals surface area contributed by atoms with Crippen LogP contribution < -0.4 is 11.3 Å². The minimum atomic E-state index is 0.511. The molecule has 0 aliphatic carbocycles. The van der Waals surface area contributed by atoms with Gasteiger partial charge in [-0.05, 0) is 24.3 Å². The van der Waals surface area contributed by atoms with E-state index in [2.05, 4.69) is 33.1 Å². The van der Waals surface area contributed by atoms with Crippen molar-refractivity contribution in [2.45, 2.75) is 47.0 Å². The van der Waals surface area contributed by atoms with Gasteiger partial charge in [0, 0.05) is 5.70 Å². The Morgan fingerprint density at radius 1 is 1.33 bits per heavy atom. The van der Waals surface area contributed by atoms with Gasteiger partial charge >= 0.3 is 0 Å². The van der Waals surface area contributed by atoms with Gasteiger partial charge in [-0.3, -0.25) is 5.84 Å². The smallest absolute Gasteiger partial charge is 0.0276 e. The average molecular weight is 170 g/mol. The summed E-state index contributed by atoms with van der Waals surface area (Å²) >= 11 is 0. The minimum absolute atomic E-state index is 0.511. The van der Waals surface area contributed by atoms with E-state index in [9.17, 15) is 0 Å². The standard InChI is InChI=1S/C10H22N2/c1-5-7-9(6-2)10(12-11)8(3)4/h8,12H,5-7,11H2,1-4H3/b10-9-. The van der Waals surface area contributed by atoms with Crippen LogP contribution in [0.3, 0.4) is 0 Å². The third kappa shape index (κ3) is 3.26. The third-order valence-electron chi connectivity index (χ3n) is 2.09. The fourth-order valence-corrected chi connectivity index (χ4v) is 1.48. The predicted molar refractivity (Wildman–Crippen MR) is 54.4 cm³/mol. The van der Waals surface area contributed by atoms with Crippen molar-refractivity contribution < 1.29 is 0 Å². The summed E-state index contributed by atoms with van der Waals surface area (Å²) < 4.78 is 0. The maximum atomic E-state index is 5.47. The molecule has 0 saturated carbocycles. The van der Waals surface area contributed by atoms with Gasteiger partial charge in [0.05, 0.1) is 0 Å². The summed E-state index contributed by atoms with van der Waals surface area (Å²) in [6, 6.07) is 0. The van der Waals surface area contributed by atoms with Crippen LogP contribution in [0.1, 0.15) is 47.0 Å². The molecule has 2 heteroatoms. The van der Waals surface area contributed by atoms with Gasteiger partial charge in [-0.2, -0.15) is 0 Å². The number of rotatable bonds is 5. The van der Waals surface area contributed by atoms with E-state index in [-0.39, 0.29) is 0 Å². The van der Waals surface area contributed by atoms with Crippen molar-refractivity contribution >= 4 is 0 Å². The Balaban J connectivity index is 4.49. The first-order valence-corrected chi connectivity index (χ1v) is 4.85. The summed E-state index contributed by atoms with van der Waals surface area (Å²) in [7, 11) is 0. The van der Waals surface area contributed by atoms with Crippen LogP contribution in [0.25, 0.3) is 0 Å². The number of nitrogens with one attached hydrogen (secondary N) is 1. The molecule has 0 heterocycles. The molecule has 0 aromatic carbocycles. The molecule has 0 rings (SSSR count). The first-order chi connectivity index (χ1) is 5.67. The van der Waals surface area contributed by atoms with Gasteiger partial charge in [-0.25, -0.2) is 0 Å². The lowest BCUT2D eigenvalue weighted by molar-refractivity contribution is 0.638. The molecule has 0 aromatic rings. The molecule has 0 radical (unpaired) electrons. The van der Waals surface area contributed by atoms with E-state index in [1.165, 1.54) is 17.7 Å². The highest BCUT2D eigenvalue weighted by Gasteiger charge is 2.06. The molecule has 0 spiro atoms. The Labute approximate surface area is 76.2 Å². The highest BCUT2D eigenvalue weighted by molar-refractivity contribution is 5.13. The van der Waals surface area contributed by atoms with E-state index in [0.29, 0.717) is 5.92 Å². The molecule has 0 saturated heterocycles. The monoisotopic (exact) mass is 170 g/mol. The van der Waals surface area contributed by atoms with Crippen LogP contribution >= 0.6 is 0 Å². The first kappa shape index (κ1) is 11.5. The topological polar surface area (TPSA) is 38.0 Å². The molecule has 12 heavy (non-hydrogen) atoms. The van der Waals surface area contributed by atoms with E-state index >= 15 is 0 Å². The first-order valence-electron chi connectivity index (χ1n) is 4.85. The molecule has 0 aromatic heterocycles. The van der Waals surface area contributed by atoms with Crippen molar-refractivity contribution in [3.8, 4) is 0 Å². The largest absolute Gasteiger partial charge is 0.328 e. The molecule has 3 N–H and O–H groups in total. The second-order valence-corrected chi connectivity index (χ2v) is 3.42. The zero-order valence-corrected chi connectivity index (χ0v) is 8.78. The fraction of sp³-hybridized carbons (Fsp3) is 0.800. The van der Waals surface area contributed by atoms with Crippen molar-refractivity contribution in [3.05, 3.63) is 11.3 Å². The van der Waals surface area contributed by atoms with E-state index in [4.69, 9.17) is 5.84 Å². The summed E-state index contributed by atoms with van der Waals surface area (Å²) in [6.45, 7) is 8.72. The number of nitrogens with two attached hydrogens (primary N) is 1. The van der Waals surface area contributed by atoms with Crippen molar-refractivity contribution in [2.75, 3.05) is 0 Å². The number of hydrazine groups is 1. The molecule has 0 fully saturated rings. The van der Waals surface area contributed by atoms with Crippen LogP contribution in [-0.2, 0) is 0 Å². The maximum absolute atomic E-state index is 5.47. The van der Waals surface area contributed by atoms with Gasteiger partial charge in [0.2, 0.25) is 0 Å². The van der Waals surface area contributed by atoms with Gasteiger partial charge < -0.3 is 5.43 Å². The Bertz CT molecular complexity index is 148. The van der Waals surface area contributed by atoms with Crippen molar-refractivity contribution in [1.29, 1.82) is 0 Å². The van der Waals surface area contributed by atoms with E-state index in [0.717, 1.165) is 12.8 Å². The lowest BCUT2D eigenvalue weighted by atomic mass is 9.99. The van der Waals surface area contributed by atoms with Crippen LogP contribution in [0.4, 0.5) is 0 Å². The van der Waals surface area contributed by atoms with Gasteiger partial charge in [-0.1, -0.05) is 34.1 Å². The lowest BCUT2D eigenvalue weighted by Gasteiger charge is -2.16. The molecule has 0 aliphatic rings. The Morgan fingerprint density at radius 2 is 1.92 bits per heavy atom. The maximum Gasteiger partial charge on any atom is 0.0276 e. The summed E-state index contributed by atoms with van der Waals surface area (Å²) in [6.07, 6.45) is 3.46. The molecule has 72 valence electrons. The van der Waals surface area contributed by atoms with Crippen LogP contribution in [0.5, 0.6) is 0 Å². The molecular weight excluding hydrogens is 148 g/mol. The highest BCUT2D eigenvalue weighted by atomic mass is 15.2. The van der Waals surface area contributed by atoms with E-state index in [1.54, 1.807) is 0 Å². The van der Waals surface area contributed by atoms with Gasteiger partial charge in [-0.15, -0.1) is 0 Å². The average Bonchev–Trinajstić information content (AvgIpc) is 2.03. The lowest BCUT2D eigenvalue weighted by Crippen LogP contribution is -2.26. The van der Waals surface area contributed by atoms with Gasteiger partial charge in [0.25, 0.3) is 0 Å². The molecule has 0 aliphatic heterocycles. The number of allylic oxidation sites excluding steroid dienone is 2. The molecule has 0 atom stereocenters. The summed E-state index contributed by atoms with van der Waals surface area (Å²) in [5, 5.41) is 0. The third-order valence-corrected chi connectivity index (χ3v) is 2.09. The molecule has 0 unspecified atom stereocenters. The normalized spacial score (nSPS) is 13.2. The summed E-state index contributed by atoms with van der Waals surface area (Å²) in [5.41, 5.74) is 5.51.